The number of nitrogens with zero attached hydrogens (tertiary/aromatic N) is 2. The first kappa shape index (κ1) is 22.6. The zero-order valence-corrected chi connectivity index (χ0v) is 18.7. The number of carbonyl (C=O) groups excluding carboxylic acids is 3. The van der Waals surface area contributed by atoms with E-state index in [1.54, 1.807) is 53.1 Å². The van der Waals surface area contributed by atoms with E-state index in [1.807, 2.05) is 24.3 Å². The molecule has 162 valence electrons. The van der Waals surface area contributed by atoms with Crippen LogP contribution in [-0.2, 0) is 9.53 Å². The van der Waals surface area contributed by atoms with E-state index < -0.39 is 6.16 Å². The SMILES string of the molecule is CCOC(=O)Oc1ccc(C(=O)N2CCN(C(=O)/C=C/c3ccccc3Br)CC2)cc1. The van der Waals surface area contributed by atoms with Gasteiger partial charge in [0.05, 0.1) is 6.61 Å². The lowest BCUT2D eigenvalue weighted by Gasteiger charge is -2.34. The molecular formula is C23H23BrN2O5. The average Bonchev–Trinajstić information content (AvgIpc) is 2.78. The highest BCUT2D eigenvalue weighted by atomic mass is 79.9. The van der Waals surface area contributed by atoms with Crippen molar-refractivity contribution in [1.29, 1.82) is 0 Å². The minimum Gasteiger partial charge on any atom is -0.434 e. The topological polar surface area (TPSA) is 76.2 Å². The zero-order chi connectivity index (χ0) is 22.2. The van der Waals surface area contributed by atoms with Crippen molar-refractivity contribution in [2.45, 2.75) is 6.92 Å². The second-order valence-electron chi connectivity index (χ2n) is 6.78. The van der Waals surface area contributed by atoms with Crippen molar-refractivity contribution in [3.05, 3.63) is 70.2 Å². The zero-order valence-electron chi connectivity index (χ0n) is 17.1. The summed E-state index contributed by atoms with van der Waals surface area (Å²) in [7, 11) is 0. The third-order valence-corrected chi connectivity index (χ3v) is 5.48. The maximum Gasteiger partial charge on any atom is 0.513 e. The van der Waals surface area contributed by atoms with Crippen LogP contribution in [0.15, 0.2) is 59.1 Å². The van der Waals surface area contributed by atoms with E-state index in [1.165, 1.54) is 0 Å². The molecule has 2 aromatic rings. The van der Waals surface area contributed by atoms with Gasteiger partial charge in [-0.25, -0.2) is 4.79 Å². The summed E-state index contributed by atoms with van der Waals surface area (Å²) in [5, 5.41) is 0. The maximum absolute atomic E-state index is 12.7. The number of hydrogen-bond acceptors (Lipinski definition) is 5. The number of hydrogen-bond donors (Lipinski definition) is 0. The Morgan fingerprint density at radius 3 is 2.26 bits per heavy atom. The molecule has 1 aliphatic heterocycles. The monoisotopic (exact) mass is 486 g/mol. The molecule has 0 radical (unpaired) electrons. The Hall–Kier alpha value is -3.13. The number of amides is 2. The highest BCUT2D eigenvalue weighted by molar-refractivity contribution is 9.10. The molecule has 0 bridgehead atoms. The molecular weight excluding hydrogens is 464 g/mol. The van der Waals surface area contributed by atoms with Crippen LogP contribution in [-0.4, -0.2) is 60.6 Å². The van der Waals surface area contributed by atoms with Gasteiger partial charge in [0.2, 0.25) is 5.91 Å². The summed E-state index contributed by atoms with van der Waals surface area (Å²) in [5.74, 6) is 0.101. The minimum atomic E-state index is -0.781. The predicted molar refractivity (Wildman–Crippen MR) is 120 cm³/mol. The summed E-state index contributed by atoms with van der Waals surface area (Å²) in [6, 6.07) is 14.0. The summed E-state index contributed by atoms with van der Waals surface area (Å²) in [6.45, 7) is 3.76. The largest absolute Gasteiger partial charge is 0.513 e. The minimum absolute atomic E-state index is 0.0803. The first-order valence-electron chi connectivity index (χ1n) is 9.93. The average molecular weight is 487 g/mol. The van der Waals surface area contributed by atoms with Crippen molar-refractivity contribution in [1.82, 2.24) is 9.80 Å². The van der Waals surface area contributed by atoms with E-state index in [4.69, 9.17) is 9.47 Å². The van der Waals surface area contributed by atoms with E-state index >= 15 is 0 Å². The van der Waals surface area contributed by atoms with Crippen molar-refractivity contribution < 1.29 is 23.9 Å². The van der Waals surface area contributed by atoms with Gasteiger partial charge < -0.3 is 19.3 Å². The van der Waals surface area contributed by atoms with Crippen LogP contribution >= 0.6 is 15.9 Å². The van der Waals surface area contributed by atoms with Gasteiger partial charge in [-0.05, 0) is 48.9 Å². The van der Waals surface area contributed by atoms with Gasteiger partial charge in [0, 0.05) is 42.3 Å². The van der Waals surface area contributed by atoms with Crippen LogP contribution < -0.4 is 4.74 Å². The van der Waals surface area contributed by atoms with Gasteiger partial charge >= 0.3 is 6.16 Å². The van der Waals surface area contributed by atoms with Crippen LogP contribution in [0.25, 0.3) is 6.08 Å². The Kier molecular flexibility index (Phi) is 7.83. The number of halogens is 1. The molecule has 0 spiro atoms. The fraction of sp³-hybridized carbons (Fsp3) is 0.261. The van der Waals surface area contributed by atoms with E-state index in [0.717, 1.165) is 10.0 Å². The van der Waals surface area contributed by atoms with Crippen LogP contribution in [0.4, 0.5) is 4.79 Å². The molecule has 8 heteroatoms. The quantitative estimate of drug-likeness (QED) is 0.362. The summed E-state index contributed by atoms with van der Waals surface area (Å²) in [4.78, 5) is 40.0. The first-order chi connectivity index (χ1) is 15.0. The predicted octanol–water partition coefficient (Wildman–Crippen LogP) is 3.98. The fourth-order valence-corrected chi connectivity index (χ4v) is 3.52. The van der Waals surface area contributed by atoms with Gasteiger partial charge in [-0.15, -0.1) is 0 Å². The van der Waals surface area contributed by atoms with Crippen molar-refractivity contribution in [3.8, 4) is 5.75 Å². The first-order valence-corrected chi connectivity index (χ1v) is 10.7. The number of ether oxygens (including phenoxy) is 2. The lowest BCUT2D eigenvalue weighted by Crippen LogP contribution is -2.50. The van der Waals surface area contributed by atoms with Gasteiger partial charge in [-0.1, -0.05) is 34.1 Å². The standard InChI is InChI=1S/C23H23BrN2O5/c1-2-30-23(29)31-19-10-7-18(8-11-19)22(28)26-15-13-25(14-16-26)21(27)12-9-17-5-3-4-6-20(17)24/h3-12H,2,13-16H2,1H3/b12-9+. The smallest absolute Gasteiger partial charge is 0.434 e. The Morgan fingerprint density at radius 1 is 0.968 bits per heavy atom. The van der Waals surface area contributed by atoms with Crippen LogP contribution in [0.2, 0.25) is 0 Å². The molecule has 0 aromatic heterocycles. The normalized spacial score (nSPS) is 13.9. The third-order valence-electron chi connectivity index (χ3n) is 4.75. The molecule has 3 rings (SSSR count). The van der Waals surface area contributed by atoms with Gasteiger partial charge in [0.15, 0.2) is 0 Å². The summed E-state index contributed by atoms with van der Waals surface area (Å²) < 4.78 is 10.6. The molecule has 1 heterocycles. The number of benzene rings is 2. The molecule has 0 aliphatic carbocycles. The highest BCUT2D eigenvalue weighted by Gasteiger charge is 2.24. The van der Waals surface area contributed by atoms with Crippen molar-refractivity contribution in [3.63, 3.8) is 0 Å². The molecule has 0 saturated carbocycles. The maximum atomic E-state index is 12.7. The van der Waals surface area contributed by atoms with Gasteiger partial charge in [-0.2, -0.15) is 0 Å². The number of piperazine rings is 1. The Bertz CT molecular complexity index is 966. The molecule has 2 amide bonds. The Balaban J connectivity index is 1.52. The molecule has 1 aliphatic rings. The number of rotatable bonds is 5. The van der Waals surface area contributed by atoms with E-state index in [-0.39, 0.29) is 18.4 Å². The van der Waals surface area contributed by atoms with E-state index in [2.05, 4.69) is 15.9 Å². The van der Waals surface area contributed by atoms with Crippen LogP contribution in [0.5, 0.6) is 5.75 Å². The lowest BCUT2D eigenvalue weighted by atomic mass is 10.1. The summed E-state index contributed by atoms with van der Waals surface area (Å²) in [6.07, 6.45) is 2.56. The van der Waals surface area contributed by atoms with Gasteiger partial charge in [-0.3, -0.25) is 9.59 Å². The van der Waals surface area contributed by atoms with Crippen LogP contribution in [0.1, 0.15) is 22.8 Å². The fourth-order valence-electron chi connectivity index (χ4n) is 3.10. The van der Waals surface area contributed by atoms with Gasteiger partial charge in [0.1, 0.15) is 5.75 Å². The van der Waals surface area contributed by atoms with Crippen molar-refractivity contribution in [2.24, 2.45) is 0 Å². The van der Waals surface area contributed by atoms with Crippen molar-refractivity contribution >= 4 is 40.0 Å². The van der Waals surface area contributed by atoms with Gasteiger partial charge in [0.25, 0.3) is 5.91 Å². The Labute approximate surface area is 189 Å². The highest BCUT2D eigenvalue weighted by Crippen LogP contribution is 2.18. The molecule has 0 unspecified atom stereocenters. The lowest BCUT2D eigenvalue weighted by molar-refractivity contribution is -0.127. The molecule has 31 heavy (non-hydrogen) atoms. The molecule has 1 saturated heterocycles. The molecule has 1 fully saturated rings. The molecule has 0 atom stereocenters. The summed E-state index contributed by atoms with van der Waals surface area (Å²) in [5.41, 5.74) is 1.42. The van der Waals surface area contributed by atoms with E-state index in [9.17, 15) is 14.4 Å². The number of carbonyl (C=O) groups is 3. The molecule has 2 aromatic carbocycles. The summed E-state index contributed by atoms with van der Waals surface area (Å²) >= 11 is 3.46. The Morgan fingerprint density at radius 2 is 1.61 bits per heavy atom. The molecule has 7 nitrogen and oxygen atoms in total. The second-order valence-corrected chi connectivity index (χ2v) is 7.64. The van der Waals surface area contributed by atoms with Crippen molar-refractivity contribution in [2.75, 3.05) is 32.8 Å². The van der Waals surface area contributed by atoms with Crippen LogP contribution in [0, 0.1) is 0 Å². The third kappa shape index (κ3) is 6.18. The molecule has 0 N–H and O–H groups in total. The van der Waals surface area contributed by atoms with Crippen LogP contribution in [0.3, 0.4) is 0 Å². The van der Waals surface area contributed by atoms with E-state index in [0.29, 0.717) is 37.5 Å². The second kappa shape index (κ2) is 10.8.